The maximum absolute atomic E-state index is 12.4. The molecule has 1 unspecified atom stereocenters. The first kappa shape index (κ1) is 15.7. The van der Waals surface area contributed by atoms with Gasteiger partial charge in [-0.2, -0.15) is 0 Å². The van der Waals surface area contributed by atoms with Crippen molar-refractivity contribution in [3.63, 3.8) is 0 Å². The predicted octanol–water partition coefficient (Wildman–Crippen LogP) is 2.52. The molecule has 0 radical (unpaired) electrons. The van der Waals surface area contributed by atoms with Crippen LogP contribution in [0.5, 0.6) is 0 Å². The Kier molecular flexibility index (Phi) is 4.97. The van der Waals surface area contributed by atoms with Crippen molar-refractivity contribution in [2.24, 2.45) is 0 Å². The molecule has 0 fully saturated rings. The smallest absolute Gasteiger partial charge is 0.246 e. The minimum atomic E-state index is -3.60. The molecule has 0 aliphatic heterocycles. The summed E-state index contributed by atoms with van der Waals surface area (Å²) in [4.78, 5) is 0.150. The molecule has 0 aliphatic carbocycles. The first-order chi connectivity index (χ1) is 8.25. The Labute approximate surface area is 116 Å². The summed E-state index contributed by atoms with van der Waals surface area (Å²) in [5.74, 6) is 0.317. The van der Waals surface area contributed by atoms with Crippen molar-refractivity contribution in [3.05, 3.63) is 11.5 Å². The number of aromatic nitrogens is 1. The summed E-state index contributed by atoms with van der Waals surface area (Å²) in [7, 11) is -3.60. The van der Waals surface area contributed by atoms with Gasteiger partial charge >= 0.3 is 0 Å². The van der Waals surface area contributed by atoms with Gasteiger partial charge in [0.05, 0.1) is 0 Å². The monoisotopic (exact) mass is 338 g/mol. The molecule has 1 rings (SSSR count). The molecular formula is C11H19BrN2O3S. The van der Waals surface area contributed by atoms with Gasteiger partial charge in [-0.05, 0) is 33.6 Å². The number of nitrogens with one attached hydrogen (secondary N) is 1. The van der Waals surface area contributed by atoms with Crippen LogP contribution in [0.4, 0.5) is 0 Å². The molecular weight excluding hydrogens is 320 g/mol. The van der Waals surface area contributed by atoms with Gasteiger partial charge in [0.25, 0.3) is 0 Å². The zero-order valence-corrected chi connectivity index (χ0v) is 13.5. The van der Waals surface area contributed by atoms with Gasteiger partial charge in [0, 0.05) is 10.9 Å². The number of hydrogen-bond acceptors (Lipinski definition) is 4. The van der Waals surface area contributed by atoms with E-state index < -0.39 is 15.6 Å². The maximum atomic E-state index is 12.4. The van der Waals surface area contributed by atoms with Crippen LogP contribution in [0.3, 0.4) is 0 Å². The zero-order chi connectivity index (χ0) is 14.0. The summed E-state index contributed by atoms with van der Waals surface area (Å²) in [5, 5.41) is 4.42. The lowest BCUT2D eigenvalue weighted by atomic mass is 9.98. The van der Waals surface area contributed by atoms with Crippen LogP contribution in [0.25, 0.3) is 0 Å². The van der Waals surface area contributed by atoms with Crippen LogP contribution in [0.1, 0.15) is 38.1 Å². The third-order valence-electron chi connectivity index (χ3n) is 3.04. The molecule has 1 heterocycles. The van der Waals surface area contributed by atoms with Crippen molar-refractivity contribution < 1.29 is 12.9 Å². The average Bonchev–Trinajstić information content (AvgIpc) is 2.58. The number of hydrogen-bond donors (Lipinski definition) is 1. The number of aryl methyl sites for hydroxylation is 2. The largest absolute Gasteiger partial charge is 0.360 e. The first-order valence-corrected chi connectivity index (χ1v) is 8.39. The maximum Gasteiger partial charge on any atom is 0.246 e. The average molecular weight is 339 g/mol. The van der Waals surface area contributed by atoms with Crippen molar-refractivity contribution in [2.45, 2.75) is 51.0 Å². The summed E-state index contributed by atoms with van der Waals surface area (Å²) in [6.07, 6.45) is 1.42. The summed E-state index contributed by atoms with van der Waals surface area (Å²) >= 11 is 3.35. The minimum Gasteiger partial charge on any atom is -0.360 e. The van der Waals surface area contributed by atoms with E-state index in [0.717, 1.165) is 5.33 Å². The van der Waals surface area contributed by atoms with E-state index in [-0.39, 0.29) is 4.90 Å². The van der Waals surface area contributed by atoms with Crippen LogP contribution in [0.2, 0.25) is 0 Å². The number of alkyl halides is 1. The fourth-order valence-electron chi connectivity index (χ4n) is 1.74. The molecule has 7 heteroatoms. The molecule has 0 saturated carbocycles. The lowest BCUT2D eigenvalue weighted by Crippen LogP contribution is -2.45. The van der Waals surface area contributed by atoms with E-state index >= 15 is 0 Å². The summed E-state index contributed by atoms with van der Waals surface area (Å²) in [6.45, 7) is 7.07. The van der Waals surface area contributed by atoms with Crippen LogP contribution < -0.4 is 4.72 Å². The fraction of sp³-hybridized carbons (Fsp3) is 0.727. The molecule has 0 saturated heterocycles. The van der Waals surface area contributed by atoms with Gasteiger partial charge in [-0.3, -0.25) is 0 Å². The molecule has 1 aromatic rings. The van der Waals surface area contributed by atoms with E-state index in [1.807, 2.05) is 13.8 Å². The molecule has 18 heavy (non-hydrogen) atoms. The van der Waals surface area contributed by atoms with Gasteiger partial charge < -0.3 is 4.52 Å². The van der Waals surface area contributed by atoms with Gasteiger partial charge in [-0.1, -0.05) is 28.0 Å². The zero-order valence-electron chi connectivity index (χ0n) is 11.1. The Morgan fingerprint density at radius 2 is 2.06 bits per heavy atom. The number of nitrogens with zero attached hydrogens (tertiary/aromatic N) is 1. The summed E-state index contributed by atoms with van der Waals surface area (Å²) in [5.41, 5.74) is -0.0873. The van der Waals surface area contributed by atoms with Crippen LogP contribution in [0.15, 0.2) is 9.42 Å². The molecule has 104 valence electrons. The highest BCUT2D eigenvalue weighted by Crippen LogP contribution is 2.24. The Hall–Kier alpha value is -0.400. The van der Waals surface area contributed by atoms with Crippen molar-refractivity contribution in [1.82, 2.24) is 9.88 Å². The molecule has 0 spiro atoms. The molecule has 0 bridgehead atoms. The highest BCUT2D eigenvalue weighted by Gasteiger charge is 2.32. The Bertz CT molecular complexity index is 493. The molecule has 0 aromatic carbocycles. The molecule has 5 nitrogen and oxygen atoms in total. The van der Waals surface area contributed by atoms with E-state index in [9.17, 15) is 8.42 Å². The summed E-state index contributed by atoms with van der Waals surface area (Å²) < 4.78 is 32.4. The number of halogens is 1. The SMILES string of the molecule is CCC(C)(CCBr)NS(=O)(=O)c1c(C)noc1C. The second-order valence-electron chi connectivity index (χ2n) is 4.61. The summed E-state index contributed by atoms with van der Waals surface area (Å²) in [6, 6.07) is 0. The quantitative estimate of drug-likeness (QED) is 0.809. The third kappa shape index (κ3) is 3.33. The molecule has 1 N–H and O–H groups in total. The van der Waals surface area contributed by atoms with Crippen LogP contribution in [-0.2, 0) is 10.0 Å². The van der Waals surface area contributed by atoms with Crippen LogP contribution in [0, 0.1) is 13.8 Å². The van der Waals surface area contributed by atoms with E-state index in [1.165, 1.54) is 0 Å². The lowest BCUT2D eigenvalue weighted by Gasteiger charge is -2.28. The highest BCUT2D eigenvalue weighted by atomic mass is 79.9. The second-order valence-corrected chi connectivity index (χ2v) is 7.02. The molecule has 1 atom stereocenters. The molecule has 0 aliphatic rings. The Morgan fingerprint density at radius 1 is 1.44 bits per heavy atom. The van der Waals surface area contributed by atoms with Crippen molar-refractivity contribution in [3.8, 4) is 0 Å². The first-order valence-electron chi connectivity index (χ1n) is 5.78. The predicted molar refractivity (Wildman–Crippen MR) is 73.4 cm³/mol. The van der Waals surface area contributed by atoms with E-state index in [4.69, 9.17) is 4.52 Å². The normalized spacial score (nSPS) is 15.6. The van der Waals surface area contributed by atoms with Gasteiger partial charge in [-0.25, -0.2) is 13.1 Å². The Morgan fingerprint density at radius 3 is 2.44 bits per heavy atom. The van der Waals surface area contributed by atoms with Crippen LogP contribution in [-0.4, -0.2) is 24.4 Å². The van der Waals surface area contributed by atoms with E-state index in [2.05, 4.69) is 25.8 Å². The fourth-order valence-corrected chi connectivity index (χ4v) is 4.46. The van der Waals surface area contributed by atoms with Gasteiger partial charge in [0.1, 0.15) is 10.6 Å². The van der Waals surface area contributed by atoms with Crippen molar-refractivity contribution in [2.75, 3.05) is 5.33 Å². The van der Waals surface area contributed by atoms with E-state index in [1.54, 1.807) is 13.8 Å². The molecule has 0 amide bonds. The standard InChI is InChI=1S/C11H19BrN2O3S/c1-5-11(4,6-7-12)14-18(15,16)10-8(2)13-17-9(10)3/h14H,5-7H2,1-4H3. The van der Waals surface area contributed by atoms with E-state index in [0.29, 0.717) is 24.3 Å². The lowest BCUT2D eigenvalue weighted by molar-refractivity contribution is 0.386. The minimum absolute atomic E-state index is 0.150. The number of sulfonamides is 1. The van der Waals surface area contributed by atoms with Crippen molar-refractivity contribution >= 4 is 26.0 Å². The van der Waals surface area contributed by atoms with Gasteiger partial charge in [0.2, 0.25) is 10.0 Å². The second kappa shape index (κ2) is 5.71. The third-order valence-corrected chi connectivity index (χ3v) is 5.32. The number of rotatable bonds is 6. The van der Waals surface area contributed by atoms with Crippen molar-refractivity contribution in [1.29, 1.82) is 0 Å². The topological polar surface area (TPSA) is 72.2 Å². The van der Waals surface area contributed by atoms with Gasteiger partial charge in [-0.15, -0.1) is 0 Å². The van der Waals surface area contributed by atoms with Gasteiger partial charge in [0.15, 0.2) is 5.76 Å². The van der Waals surface area contributed by atoms with Crippen LogP contribution >= 0.6 is 15.9 Å². The Balaban J connectivity index is 3.09. The highest BCUT2D eigenvalue weighted by molar-refractivity contribution is 9.09. The molecule has 1 aromatic heterocycles.